The van der Waals surface area contributed by atoms with Gasteiger partial charge in [-0.3, -0.25) is 14.2 Å². The van der Waals surface area contributed by atoms with E-state index in [9.17, 15) is 14.4 Å². The summed E-state index contributed by atoms with van der Waals surface area (Å²) >= 11 is 0. The summed E-state index contributed by atoms with van der Waals surface area (Å²) in [5, 5.41) is 2.44. The van der Waals surface area contributed by atoms with Gasteiger partial charge in [-0.25, -0.2) is 4.79 Å². The molecule has 1 heterocycles. The van der Waals surface area contributed by atoms with Crippen LogP contribution in [0.15, 0.2) is 21.9 Å². The molecular weight excluding hydrogens is 210 g/mol. The molecule has 0 aliphatic heterocycles. The summed E-state index contributed by atoms with van der Waals surface area (Å²) in [6.07, 6.45) is 1.58. The molecule has 0 spiro atoms. The van der Waals surface area contributed by atoms with Crippen LogP contribution in [0.25, 0.3) is 0 Å². The molecule has 0 aromatic carbocycles. The van der Waals surface area contributed by atoms with Gasteiger partial charge in [-0.1, -0.05) is 0 Å². The Labute approximate surface area is 92.5 Å². The van der Waals surface area contributed by atoms with E-state index in [0.717, 1.165) is 4.57 Å². The van der Waals surface area contributed by atoms with E-state index in [1.807, 2.05) is 6.92 Å². The predicted molar refractivity (Wildman–Crippen MR) is 59.3 cm³/mol. The van der Waals surface area contributed by atoms with Gasteiger partial charge in [0, 0.05) is 38.8 Å². The van der Waals surface area contributed by atoms with Crippen molar-refractivity contribution in [2.75, 3.05) is 7.05 Å². The molecule has 0 saturated heterocycles. The molecule has 0 bridgehead atoms. The van der Waals surface area contributed by atoms with Gasteiger partial charge in [0.1, 0.15) is 0 Å². The Morgan fingerprint density at radius 1 is 1.44 bits per heavy atom. The zero-order chi connectivity index (χ0) is 12.1. The number of aryl methyl sites for hydroxylation is 1. The van der Waals surface area contributed by atoms with E-state index in [2.05, 4.69) is 5.32 Å². The Morgan fingerprint density at radius 3 is 2.69 bits per heavy atom. The van der Waals surface area contributed by atoms with Crippen molar-refractivity contribution in [1.82, 2.24) is 14.5 Å². The number of rotatable bonds is 4. The molecule has 0 aliphatic rings. The number of amides is 1. The first-order valence-electron chi connectivity index (χ1n) is 5.11. The van der Waals surface area contributed by atoms with Crippen LogP contribution in [0.2, 0.25) is 0 Å². The quantitative estimate of drug-likeness (QED) is 0.726. The smallest absolute Gasteiger partial charge is 0.330 e. The van der Waals surface area contributed by atoms with E-state index in [1.54, 1.807) is 0 Å². The van der Waals surface area contributed by atoms with Crippen molar-refractivity contribution in [2.24, 2.45) is 0 Å². The maximum atomic E-state index is 11.7. The first-order valence-corrected chi connectivity index (χ1v) is 5.11. The molecule has 1 amide bonds. The van der Waals surface area contributed by atoms with Crippen molar-refractivity contribution in [3.63, 3.8) is 0 Å². The lowest BCUT2D eigenvalue weighted by Crippen LogP contribution is -2.39. The fourth-order valence-electron chi connectivity index (χ4n) is 1.34. The molecule has 88 valence electrons. The van der Waals surface area contributed by atoms with Crippen LogP contribution in [0.1, 0.15) is 13.3 Å². The second-order valence-electron chi connectivity index (χ2n) is 3.30. The van der Waals surface area contributed by atoms with Crippen molar-refractivity contribution in [3.05, 3.63) is 33.1 Å². The van der Waals surface area contributed by atoms with Crippen molar-refractivity contribution in [3.8, 4) is 0 Å². The number of aromatic nitrogens is 2. The monoisotopic (exact) mass is 225 g/mol. The highest BCUT2D eigenvalue weighted by atomic mass is 16.2. The largest absolute Gasteiger partial charge is 0.359 e. The highest BCUT2D eigenvalue weighted by Crippen LogP contribution is 1.84. The lowest BCUT2D eigenvalue weighted by Gasteiger charge is -2.07. The molecule has 0 radical (unpaired) electrons. The normalized spacial score (nSPS) is 10.1. The summed E-state index contributed by atoms with van der Waals surface area (Å²) < 4.78 is 2.49. The standard InChI is InChI=1S/C10H15N3O3/c1-3-12-6-5-9(15)13(10(12)16)7-4-8(14)11-2/h5-6H,3-4,7H2,1-2H3,(H,11,14). The Balaban J connectivity index is 2.99. The maximum Gasteiger partial charge on any atom is 0.330 e. The Bertz CT molecular complexity index is 487. The van der Waals surface area contributed by atoms with Gasteiger partial charge in [0.25, 0.3) is 5.56 Å². The molecule has 0 aliphatic carbocycles. The van der Waals surface area contributed by atoms with Gasteiger partial charge in [-0.2, -0.15) is 0 Å². The van der Waals surface area contributed by atoms with Crippen molar-refractivity contribution < 1.29 is 4.79 Å². The number of carbonyl (C=O) groups is 1. The zero-order valence-corrected chi connectivity index (χ0v) is 9.40. The van der Waals surface area contributed by atoms with Gasteiger partial charge in [-0.15, -0.1) is 0 Å². The molecule has 6 nitrogen and oxygen atoms in total. The first-order chi connectivity index (χ1) is 7.60. The molecule has 0 saturated carbocycles. The van der Waals surface area contributed by atoms with Crippen LogP contribution in [0.3, 0.4) is 0 Å². The van der Waals surface area contributed by atoms with E-state index in [0.29, 0.717) is 6.54 Å². The molecule has 0 unspecified atom stereocenters. The topological polar surface area (TPSA) is 73.1 Å². The fourth-order valence-corrected chi connectivity index (χ4v) is 1.34. The summed E-state index contributed by atoms with van der Waals surface area (Å²) in [6, 6.07) is 1.33. The predicted octanol–water partition coefficient (Wildman–Crippen LogP) is -0.834. The molecule has 1 N–H and O–H groups in total. The van der Waals surface area contributed by atoms with Crippen molar-refractivity contribution >= 4 is 5.91 Å². The molecule has 6 heteroatoms. The maximum absolute atomic E-state index is 11.7. The van der Waals surface area contributed by atoms with Gasteiger partial charge in [0.2, 0.25) is 5.91 Å². The van der Waals surface area contributed by atoms with Crippen molar-refractivity contribution in [2.45, 2.75) is 26.4 Å². The number of nitrogens with zero attached hydrogens (tertiary/aromatic N) is 2. The Hall–Kier alpha value is -1.85. The third kappa shape index (κ3) is 2.59. The minimum Gasteiger partial charge on any atom is -0.359 e. The lowest BCUT2D eigenvalue weighted by atomic mass is 10.4. The molecule has 1 rings (SSSR count). The zero-order valence-electron chi connectivity index (χ0n) is 9.40. The molecule has 1 aromatic heterocycles. The fraction of sp³-hybridized carbons (Fsp3) is 0.500. The highest BCUT2D eigenvalue weighted by molar-refractivity contribution is 5.75. The van der Waals surface area contributed by atoms with E-state index < -0.39 is 0 Å². The van der Waals surface area contributed by atoms with Crippen LogP contribution in [0, 0.1) is 0 Å². The SMILES string of the molecule is CCn1ccc(=O)n(CCC(=O)NC)c1=O. The van der Waals surface area contributed by atoms with Crippen LogP contribution >= 0.6 is 0 Å². The van der Waals surface area contributed by atoms with Crippen LogP contribution < -0.4 is 16.6 Å². The second kappa shape index (κ2) is 5.29. The minimum absolute atomic E-state index is 0.109. The summed E-state index contributed by atoms with van der Waals surface area (Å²) in [7, 11) is 1.51. The average molecular weight is 225 g/mol. The lowest BCUT2D eigenvalue weighted by molar-refractivity contribution is -0.120. The Morgan fingerprint density at radius 2 is 2.12 bits per heavy atom. The first kappa shape index (κ1) is 12.2. The average Bonchev–Trinajstić information content (AvgIpc) is 2.28. The summed E-state index contributed by atoms with van der Waals surface area (Å²) in [4.78, 5) is 34.2. The van der Waals surface area contributed by atoms with Crippen LogP contribution in [-0.4, -0.2) is 22.1 Å². The van der Waals surface area contributed by atoms with Crippen molar-refractivity contribution in [1.29, 1.82) is 0 Å². The highest BCUT2D eigenvalue weighted by Gasteiger charge is 2.05. The summed E-state index contributed by atoms with van der Waals surface area (Å²) in [5.74, 6) is -0.196. The van der Waals surface area contributed by atoms with Gasteiger partial charge in [-0.05, 0) is 6.92 Å². The van der Waals surface area contributed by atoms with Gasteiger partial charge in [0.15, 0.2) is 0 Å². The van der Waals surface area contributed by atoms with Gasteiger partial charge < -0.3 is 9.88 Å². The molecule has 0 fully saturated rings. The molecular formula is C10H15N3O3. The van der Waals surface area contributed by atoms with Crippen LogP contribution in [0.5, 0.6) is 0 Å². The third-order valence-electron chi connectivity index (χ3n) is 2.32. The molecule has 16 heavy (non-hydrogen) atoms. The van der Waals surface area contributed by atoms with Gasteiger partial charge in [0.05, 0.1) is 0 Å². The molecule has 0 atom stereocenters. The van der Waals surface area contributed by atoms with E-state index in [4.69, 9.17) is 0 Å². The van der Waals surface area contributed by atoms with Crippen LogP contribution in [0.4, 0.5) is 0 Å². The number of hydrogen-bond acceptors (Lipinski definition) is 3. The summed E-state index contributed by atoms with van der Waals surface area (Å²) in [5.41, 5.74) is -0.752. The van der Waals surface area contributed by atoms with Gasteiger partial charge >= 0.3 is 5.69 Å². The minimum atomic E-state index is -0.376. The van der Waals surface area contributed by atoms with E-state index in [-0.39, 0.29) is 30.1 Å². The van der Waals surface area contributed by atoms with E-state index in [1.165, 1.54) is 23.9 Å². The van der Waals surface area contributed by atoms with E-state index >= 15 is 0 Å². The Kier molecular flexibility index (Phi) is 4.04. The van der Waals surface area contributed by atoms with Crippen LogP contribution in [-0.2, 0) is 17.9 Å². The molecule has 1 aromatic rings. The summed E-state index contributed by atoms with van der Waals surface area (Å²) in [6.45, 7) is 2.42. The number of hydrogen-bond donors (Lipinski definition) is 1. The third-order valence-corrected chi connectivity index (χ3v) is 2.32. The number of carbonyl (C=O) groups excluding carboxylic acids is 1. The second-order valence-corrected chi connectivity index (χ2v) is 3.30. The number of nitrogens with one attached hydrogen (secondary N) is 1.